The Morgan fingerprint density at radius 3 is 2.65 bits per heavy atom. The number of ether oxygens (including phenoxy) is 2. The molecule has 1 rings (SSSR count). The van der Waals surface area contributed by atoms with E-state index in [0.29, 0.717) is 18.2 Å². The molecule has 5 heteroatoms. The molecule has 0 bridgehead atoms. The number of hydrogen-bond donors (Lipinski definition) is 1. The van der Waals surface area contributed by atoms with Crippen LogP contribution in [0.3, 0.4) is 0 Å². The average Bonchev–Trinajstić information content (AvgIpc) is 2.21. The van der Waals surface area contributed by atoms with Crippen molar-refractivity contribution in [2.24, 2.45) is 0 Å². The molecule has 4 nitrogen and oxygen atoms in total. The first-order valence-corrected chi connectivity index (χ1v) is 6.48. The molecule has 2 N–H and O–H groups in total. The van der Waals surface area contributed by atoms with E-state index in [2.05, 4.69) is 4.98 Å². The van der Waals surface area contributed by atoms with Crippen molar-refractivity contribution in [3.8, 4) is 5.88 Å². The van der Waals surface area contributed by atoms with Crippen LogP contribution in [-0.4, -0.2) is 30.1 Å². The highest BCUT2D eigenvalue weighted by atomic mass is 32.2. The number of anilines is 1. The lowest BCUT2D eigenvalue weighted by atomic mass is 10.2. The molecule has 96 valence electrons. The predicted octanol–water partition coefficient (Wildman–Crippen LogP) is 2.58. The molecule has 0 radical (unpaired) electrons. The summed E-state index contributed by atoms with van der Waals surface area (Å²) in [5, 5.41) is 0.899. The fraction of sp³-hybridized carbons (Fsp3) is 0.583. The van der Waals surface area contributed by atoms with Crippen LogP contribution in [0, 0.1) is 0 Å². The van der Waals surface area contributed by atoms with Gasteiger partial charge in [0.25, 0.3) is 0 Å². The van der Waals surface area contributed by atoms with E-state index in [1.807, 2.05) is 32.9 Å². The minimum absolute atomic E-state index is 0.295. The van der Waals surface area contributed by atoms with Gasteiger partial charge in [-0.05, 0) is 32.9 Å². The molecule has 0 aliphatic carbocycles. The Kier molecular flexibility index (Phi) is 5.08. The van der Waals surface area contributed by atoms with Gasteiger partial charge in [-0.3, -0.25) is 0 Å². The van der Waals surface area contributed by atoms with Crippen molar-refractivity contribution >= 4 is 17.4 Å². The van der Waals surface area contributed by atoms with Crippen LogP contribution in [0.15, 0.2) is 17.2 Å². The largest absolute Gasteiger partial charge is 0.470 e. The van der Waals surface area contributed by atoms with Crippen LogP contribution < -0.4 is 10.5 Å². The number of hydrogen-bond acceptors (Lipinski definition) is 5. The average molecular weight is 256 g/mol. The molecule has 17 heavy (non-hydrogen) atoms. The van der Waals surface area contributed by atoms with E-state index in [4.69, 9.17) is 15.2 Å². The zero-order valence-electron chi connectivity index (χ0n) is 10.8. The molecule has 0 aliphatic heterocycles. The van der Waals surface area contributed by atoms with E-state index in [-0.39, 0.29) is 5.60 Å². The normalized spacial score (nSPS) is 11.5. The summed E-state index contributed by atoms with van der Waals surface area (Å²) in [5.74, 6) is 1.36. The number of thioether (sulfide) groups is 1. The van der Waals surface area contributed by atoms with Gasteiger partial charge in [-0.1, -0.05) is 0 Å². The van der Waals surface area contributed by atoms with E-state index in [9.17, 15) is 0 Å². The zero-order valence-corrected chi connectivity index (χ0v) is 11.6. The maximum absolute atomic E-state index is 5.83. The van der Waals surface area contributed by atoms with E-state index < -0.39 is 0 Å². The Morgan fingerprint density at radius 2 is 2.06 bits per heavy atom. The van der Waals surface area contributed by atoms with E-state index in [1.165, 1.54) is 0 Å². The highest BCUT2D eigenvalue weighted by Gasteiger charge is 2.15. The van der Waals surface area contributed by atoms with Gasteiger partial charge in [0.2, 0.25) is 5.88 Å². The molecule has 0 fully saturated rings. The third-order valence-corrected chi connectivity index (χ3v) is 2.70. The van der Waals surface area contributed by atoms with Crippen LogP contribution in [0.1, 0.15) is 20.8 Å². The number of methoxy groups -OCH3 is 1. The first kappa shape index (κ1) is 14.1. The maximum atomic E-state index is 5.83. The van der Waals surface area contributed by atoms with Crippen molar-refractivity contribution < 1.29 is 9.47 Å². The number of nitrogen functional groups attached to an aromatic ring is 1. The van der Waals surface area contributed by atoms with E-state index in [0.717, 1.165) is 10.8 Å². The molecule has 0 unspecified atom stereocenters. The summed E-state index contributed by atoms with van der Waals surface area (Å²) in [7, 11) is 1.69. The highest BCUT2D eigenvalue weighted by Crippen LogP contribution is 2.26. The Balaban J connectivity index is 2.72. The summed E-state index contributed by atoms with van der Waals surface area (Å²) < 4.78 is 10.7. The number of nitrogens with zero attached hydrogens (tertiary/aromatic N) is 1. The lowest BCUT2D eigenvalue weighted by Gasteiger charge is -2.21. The van der Waals surface area contributed by atoms with Crippen LogP contribution in [0.2, 0.25) is 0 Å². The molecule has 1 aromatic heterocycles. The maximum Gasteiger partial charge on any atom is 0.238 e. The Hall–Kier alpha value is -0.940. The molecule has 0 atom stereocenters. The fourth-order valence-electron chi connectivity index (χ4n) is 1.12. The van der Waals surface area contributed by atoms with Crippen molar-refractivity contribution in [3.05, 3.63) is 12.1 Å². The number of nitrogens with two attached hydrogens (primary N) is 1. The minimum Gasteiger partial charge on any atom is -0.470 e. The zero-order chi connectivity index (χ0) is 12.9. The second kappa shape index (κ2) is 6.12. The van der Waals surface area contributed by atoms with Crippen LogP contribution in [0.5, 0.6) is 5.88 Å². The number of rotatable bonds is 5. The highest BCUT2D eigenvalue weighted by molar-refractivity contribution is 7.99. The third-order valence-electron chi connectivity index (χ3n) is 1.80. The van der Waals surface area contributed by atoms with Crippen LogP contribution in [0.25, 0.3) is 0 Å². The van der Waals surface area contributed by atoms with Crippen molar-refractivity contribution in [3.63, 3.8) is 0 Å². The van der Waals surface area contributed by atoms with Gasteiger partial charge < -0.3 is 15.2 Å². The number of aromatic nitrogens is 1. The minimum atomic E-state index is -0.295. The van der Waals surface area contributed by atoms with Crippen LogP contribution >= 0.6 is 11.8 Å². The van der Waals surface area contributed by atoms with E-state index in [1.54, 1.807) is 18.9 Å². The summed E-state index contributed by atoms with van der Waals surface area (Å²) in [6, 6.07) is 3.72. The summed E-state index contributed by atoms with van der Waals surface area (Å²) in [4.78, 5) is 4.39. The van der Waals surface area contributed by atoms with Gasteiger partial charge in [-0.2, -0.15) is 0 Å². The van der Waals surface area contributed by atoms with Gasteiger partial charge in [0.15, 0.2) is 0 Å². The van der Waals surface area contributed by atoms with Crippen LogP contribution in [-0.2, 0) is 4.74 Å². The van der Waals surface area contributed by atoms with Crippen molar-refractivity contribution in [1.29, 1.82) is 0 Å². The quantitative estimate of drug-likeness (QED) is 0.648. The molecule has 0 aromatic carbocycles. The molecule has 0 saturated heterocycles. The first-order valence-electron chi connectivity index (χ1n) is 5.49. The molecule has 1 heterocycles. The van der Waals surface area contributed by atoms with Gasteiger partial charge in [-0.15, -0.1) is 11.8 Å². The van der Waals surface area contributed by atoms with Gasteiger partial charge >= 0.3 is 0 Å². The summed E-state index contributed by atoms with van der Waals surface area (Å²) in [6.07, 6.45) is 0. The molecular formula is C12H20N2O2S. The molecule has 0 amide bonds. The SMILES string of the molecule is COCCSc1ccc(N)c(OC(C)(C)C)n1. The molecule has 0 aliphatic rings. The third kappa shape index (κ3) is 5.28. The van der Waals surface area contributed by atoms with Gasteiger partial charge in [-0.25, -0.2) is 4.98 Å². The Labute approximate surface area is 107 Å². The van der Waals surface area contributed by atoms with E-state index >= 15 is 0 Å². The topological polar surface area (TPSA) is 57.4 Å². The predicted molar refractivity (Wildman–Crippen MR) is 71.6 cm³/mol. The van der Waals surface area contributed by atoms with Gasteiger partial charge in [0, 0.05) is 12.9 Å². The van der Waals surface area contributed by atoms with Gasteiger partial charge in [0.05, 0.1) is 12.3 Å². The first-order chi connectivity index (χ1) is 7.92. The Bertz CT molecular complexity index is 364. The molecule has 0 saturated carbocycles. The van der Waals surface area contributed by atoms with Crippen LogP contribution in [0.4, 0.5) is 5.69 Å². The molecule has 1 aromatic rings. The molecule has 0 spiro atoms. The summed E-state index contributed by atoms with van der Waals surface area (Å²) in [6.45, 7) is 6.61. The second-order valence-electron chi connectivity index (χ2n) is 4.60. The van der Waals surface area contributed by atoms with Gasteiger partial charge in [0.1, 0.15) is 10.6 Å². The second-order valence-corrected chi connectivity index (χ2v) is 5.71. The fourth-order valence-corrected chi connectivity index (χ4v) is 1.89. The smallest absolute Gasteiger partial charge is 0.238 e. The Morgan fingerprint density at radius 1 is 1.35 bits per heavy atom. The summed E-state index contributed by atoms with van der Waals surface area (Å²) >= 11 is 1.62. The van der Waals surface area contributed by atoms with Crippen molar-refractivity contribution in [1.82, 2.24) is 4.98 Å². The lowest BCUT2D eigenvalue weighted by Crippen LogP contribution is -2.24. The monoisotopic (exact) mass is 256 g/mol. The van der Waals surface area contributed by atoms with Crippen molar-refractivity contribution in [2.75, 3.05) is 25.2 Å². The summed E-state index contributed by atoms with van der Waals surface area (Å²) in [5.41, 5.74) is 6.10. The standard InChI is InChI=1S/C12H20N2O2S/c1-12(2,3)16-11-9(13)5-6-10(14-11)17-8-7-15-4/h5-6H,7-8,13H2,1-4H3. The molecular weight excluding hydrogens is 236 g/mol. The van der Waals surface area contributed by atoms with Crippen molar-refractivity contribution in [2.45, 2.75) is 31.4 Å². The number of pyridine rings is 1. The lowest BCUT2D eigenvalue weighted by molar-refractivity contribution is 0.124.